The number of β-amino-alcohol motifs (C(OH)–C–C–N with tert-alkyl or cyclic N) is 1. The monoisotopic (exact) mass is 277 g/mol. The van der Waals surface area contributed by atoms with Crippen molar-refractivity contribution in [1.29, 1.82) is 0 Å². The van der Waals surface area contributed by atoms with Gasteiger partial charge in [0.05, 0.1) is 5.60 Å². The van der Waals surface area contributed by atoms with Crippen LogP contribution >= 0.6 is 15.9 Å². The lowest BCUT2D eigenvalue weighted by Gasteiger charge is -2.38. The molecule has 3 heteroatoms. The van der Waals surface area contributed by atoms with E-state index < -0.39 is 5.60 Å². The van der Waals surface area contributed by atoms with Crippen LogP contribution in [0.25, 0.3) is 0 Å². The molecular formula is C12H24BrNO. The van der Waals surface area contributed by atoms with Crippen LogP contribution in [0.5, 0.6) is 0 Å². The zero-order chi connectivity index (χ0) is 11.3. The lowest BCUT2D eigenvalue weighted by atomic mass is 9.94. The molecule has 1 rings (SSSR count). The Balaban J connectivity index is 2.36. The van der Waals surface area contributed by atoms with E-state index in [9.17, 15) is 5.11 Å². The number of likely N-dealkylation sites (tertiary alicyclic amines) is 1. The molecule has 0 spiro atoms. The zero-order valence-corrected chi connectivity index (χ0v) is 11.6. The molecule has 1 aliphatic heterocycles. The number of alkyl halides is 1. The molecule has 0 amide bonds. The molecule has 1 aliphatic rings. The van der Waals surface area contributed by atoms with Gasteiger partial charge in [0.2, 0.25) is 0 Å². The second kappa shape index (κ2) is 6.21. The number of rotatable bonds is 5. The molecule has 0 aromatic heterocycles. The maximum absolute atomic E-state index is 10.0. The van der Waals surface area contributed by atoms with Crippen LogP contribution in [0.15, 0.2) is 0 Å². The van der Waals surface area contributed by atoms with Crippen LogP contribution in [0, 0.1) is 5.92 Å². The summed E-state index contributed by atoms with van der Waals surface area (Å²) in [5.74, 6) is 0.740. The van der Waals surface area contributed by atoms with Gasteiger partial charge in [0.1, 0.15) is 0 Å². The second-order valence-corrected chi connectivity index (χ2v) is 5.79. The smallest absolute Gasteiger partial charge is 0.0746 e. The summed E-state index contributed by atoms with van der Waals surface area (Å²) in [5, 5.41) is 11.1. The lowest BCUT2D eigenvalue weighted by molar-refractivity contribution is -0.0192. The number of piperidine rings is 1. The van der Waals surface area contributed by atoms with Crippen molar-refractivity contribution >= 4 is 15.9 Å². The standard InChI is InChI=1S/C12H24BrNO/c1-3-5-11(8-13)9-14-7-4-6-12(2,15)10-14/h11,15H,3-10H2,1-2H3. The summed E-state index contributed by atoms with van der Waals surface area (Å²) in [6, 6.07) is 0. The Bertz CT molecular complexity index is 184. The van der Waals surface area contributed by atoms with E-state index in [1.165, 1.54) is 12.8 Å². The first kappa shape index (κ1) is 13.5. The van der Waals surface area contributed by atoms with Crippen molar-refractivity contribution < 1.29 is 5.11 Å². The Morgan fingerprint density at radius 2 is 2.27 bits per heavy atom. The van der Waals surface area contributed by atoms with Crippen LogP contribution < -0.4 is 0 Å². The summed E-state index contributed by atoms with van der Waals surface area (Å²) in [6.45, 7) is 7.34. The van der Waals surface area contributed by atoms with Gasteiger partial charge in [-0.05, 0) is 38.6 Å². The first-order valence-electron chi connectivity index (χ1n) is 6.08. The van der Waals surface area contributed by atoms with Gasteiger partial charge in [-0.15, -0.1) is 0 Å². The van der Waals surface area contributed by atoms with Gasteiger partial charge in [-0.25, -0.2) is 0 Å². The van der Waals surface area contributed by atoms with Crippen molar-refractivity contribution in [3.05, 3.63) is 0 Å². The maximum Gasteiger partial charge on any atom is 0.0746 e. The van der Waals surface area contributed by atoms with E-state index in [4.69, 9.17) is 0 Å². The Morgan fingerprint density at radius 3 is 2.80 bits per heavy atom. The van der Waals surface area contributed by atoms with Gasteiger partial charge in [0.25, 0.3) is 0 Å². The van der Waals surface area contributed by atoms with Crippen molar-refractivity contribution in [2.24, 2.45) is 5.92 Å². The zero-order valence-electron chi connectivity index (χ0n) is 10.0. The minimum absolute atomic E-state index is 0.457. The van der Waals surface area contributed by atoms with Crippen LogP contribution in [0.3, 0.4) is 0 Å². The van der Waals surface area contributed by atoms with Gasteiger partial charge in [-0.2, -0.15) is 0 Å². The molecule has 0 aromatic rings. The van der Waals surface area contributed by atoms with Crippen molar-refractivity contribution in [1.82, 2.24) is 4.90 Å². The average Bonchev–Trinajstić information content (AvgIpc) is 2.15. The molecule has 1 fully saturated rings. The van der Waals surface area contributed by atoms with Crippen LogP contribution in [0.1, 0.15) is 39.5 Å². The summed E-state index contributed by atoms with van der Waals surface area (Å²) in [5.41, 5.74) is -0.457. The summed E-state index contributed by atoms with van der Waals surface area (Å²) in [6.07, 6.45) is 4.62. The van der Waals surface area contributed by atoms with Gasteiger partial charge in [-0.3, -0.25) is 0 Å². The molecule has 90 valence electrons. The van der Waals surface area contributed by atoms with Gasteiger partial charge in [-0.1, -0.05) is 29.3 Å². The average molecular weight is 278 g/mol. The summed E-state index contributed by atoms with van der Waals surface area (Å²) in [4.78, 5) is 2.42. The topological polar surface area (TPSA) is 23.5 Å². The lowest BCUT2D eigenvalue weighted by Crippen LogP contribution is -2.47. The van der Waals surface area contributed by atoms with Crippen molar-refractivity contribution in [2.75, 3.05) is 25.0 Å². The molecule has 2 nitrogen and oxygen atoms in total. The SMILES string of the molecule is CCCC(CBr)CN1CCCC(C)(O)C1. The minimum Gasteiger partial charge on any atom is -0.389 e. The largest absolute Gasteiger partial charge is 0.389 e. The van der Waals surface area contributed by atoms with Gasteiger partial charge in [0, 0.05) is 18.4 Å². The molecule has 0 saturated carbocycles. The third-order valence-electron chi connectivity index (χ3n) is 3.19. The molecule has 2 unspecified atom stereocenters. The highest BCUT2D eigenvalue weighted by Crippen LogP contribution is 2.22. The number of nitrogens with zero attached hydrogens (tertiary/aromatic N) is 1. The van der Waals surface area contributed by atoms with Gasteiger partial charge < -0.3 is 10.0 Å². The fraction of sp³-hybridized carbons (Fsp3) is 1.00. The quantitative estimate of drug-likeness (QED) is 0.781. The highest BCUT2D eigenvalue weighted by molar-refractivity contribution is 9.09. The third-order valence-corrected chi connectivity index (χ3v) is 4.10. The van der Waals surface area contributed by atoms with Crippen LogP contribution in [-0.2, 0) is 0 Å². The normalized spacial score (nSPS) is 30.4. The number of hydrogen-bond donors (Lipinski definition) is 1. The second-order valence-electron chi connectivity index (χ2n) is 5.14. The Morgan fingerprint density at radius 1 is 1.53 bits per heavy atom. The summed E-state index contributed by atoms with van der Waals surface area (Å²) in [7, 11) is 0. The Kier molecular flexibility index (Phi) is 5.58. The first-order chi connectivity index (χ1) is 7.07. The molecular weight excluding hydrogens is 254 g/mol. The highest BCUT2D eigenvalue weighted by atomic mass is 79.9. The van der Waals surface area contributed by atoms with E-state index in [0.717, 1.165) is 43.7 Å². The predicted octanol–water partition coefficient (Wildman–Crippen LogP) is 2.64. The maximum atomic E-state index is 10.0. The molecule has 15 heavy (non-hydrogen) atoms. The number of halogens is 1. The molecule has 0 bridgehead atoms. The summed E-state index contributed by atoms with van der Waals surface area (Å²) >= 11 is 3.58. The van der Waals surface area contributed by atoms with Crippen LogP contribution in [0.4, 0.5) is 0 Å². The number of aliphatic hydroxyl groups is 1. The molecule has 1 N–H and O–H groups in total. The highest BCUT2D eigenvalue weighted by Gasteiger charge is 2.28. The number of hydrogen-bond acceptors (Lipinski definition) is 2. The third kappa shape index (κ3) is 4.83. The van der Waals surface area contributed by atoms with Crippen LogP contribution in [-0.4, -0.2) is 40.6 Å². The van der Waals surface area contributed by atoms with E-state index in [2.05, 4.69) is 27.8 Å². The van der Waals surface area contributed by atoms with E-state index in [0.29, 0.717) is 0 Å². The van der Waals surface area contributed by atoms with E-state index >= 15 is 0 Å². The van der Waals surface area contributed by atoms with Gasteiger partial charge >= 0.3 is 0 Å². The molecule has 0 aliphatic carbocycles. The fourth-order valence-electron chi connectivity index (χ4n) is 2.47. The van der Waals surface area contributed by atoms with Crippen molar-refractivity contribution in [2.45, 2.75) is 45.1 Å². The molecule has 2 atom stereocenters. The van der Waals surface area contributed by atoms with Gasteiger partial charge in [0.15, 0.2) is 0 Å². The van der Waals surface area contributed by atoms with E-state index in [1.54, 1.807) is 0 Å². The Labute approximate surface area is 102 Å². The van der Waals surface area contributed by atoms with Crippen molar-refractivity contribution in [3.8, 4) is 0 Å². The molecule has 0 radical (unpaired) electrons. The van der Waals surface area contributed by atoms with Crippen molar-refractivity contribution in [3.63, 3.8) is 0 Å². The van der Waals surface area contributed by atoms with E-state index in [-0.39, 0.29) is 0 Å². The van der Waals surface area contributed by atoms with Crippen LogP contribution in [0.2, 0.25) is 0 Å². The summed E-state index contributed by atoms with van der Waals surface area (Å²) < 4.78 is 0. The molecule has 0 aromatic carbocycles. The molecule has 1 heterocycles. The predicted molar refractivity (Wildman–Crippen MR) is 68.5 cm³/mol. The molecule has 1 saturated heterocycles. The Hall–Kier alpha value is 0.400. The first-order valence-corrected chi connectivity index (χ1v) is 7.20. The van der Waals surface area contributed by atoms with E-state index in [1.807, 2.05) is 6.92 Å². The fourth-order valence-corrected chi connectivity index (χ4v) is 3.00. The minimum atomic E-state index is -0.457.